The molecule has 29 heavy (non-hydrogen) atoms. The molecule has 6 nitrogen and oxygen atoms in total. The highest BCUT2D eigenvalue weighted by atomic mass is 16.1. The second-order valence-corrected chi connectivity index (χ2v) is 6.95. The van der Waals surface area contributed by atoms with Crippen LogP contribution in [0, 0.1) is 0 Å². The zero-order chi connectivity index (χ0) is 20.2. The molecule has 0 saturated heterocycles. The van der Waals surface area contributed by atoms with Gasteiger partial charge in [-0.1, -0.05) is 18.2 Å². The Morgan fingerprint density at radius 1 is 1.03 bits per heavy atom. The molecule has 0 radical (unpaired) electrons. The van der Waals surface area contributed by atoms with Gasteiger partial charge in [-0.05, 0) is 50.3 Å². The molecule has 0 unspecified atom stereocenters. The van der Waals surface area contributed by atoms with Crippen LogP contribution in [-0.4, -0.2) is 30.3 Å². The fourth-order valence-corrected chi connectivity index (χ4v) is 2.97. The first-order valence-electron chi connectivity index (χ1n) is 9.44. The van der Waals surface area contributed by atoms with Gasteiger partial charge in [-0.15, -0.1) is 0 Å². The standard InChI is InChI=1S/C23H21N5O/c1-17(2)27-16-20(14-25-27)22(29)9-8-19-15-28(21-6-4-3-5-7-21)26-23(19)18-10-12-24-13-11-18/h3-17H,1-2H3/b9-8+. The number of hydrogen-bond donors (Lipinski definition) is 0. The third-order valence-electron chi connectivity index (χ3n) is 4.55. The second-order valence-electron chi connectivity index (χ2n) is 6.95. The Balaban J connectivity index is 1.69. The van der Waals surface area contributed by atoms with Crippen LogP contribution >= 0.6 is 0 Å². The molecule has 0 bridgehead atoms. The number of nitrogens with zero attached hydrogens (tertiary/aromatic N) is 5. The summed E-state index contributed by atoms with van der Waals surface area (Å²) in [6, 6.07) is 13.9. The molecule has 0 aliphatic heterocycles. The molecule has 0 fully saturated rings. The third kappa shape index (κ3) is 4.06. The monoisotopic (exact) mass is 383 g/mol. The number of pyridine rings is 1. The van der Waals surface area contributed by atoms with Crippen LogP contribution in [0.25, 0.3) is 23.0 Å². The van der Waals surface area contributed by atoms with Crippen LogP contribution in [0.1, 0.15) is 35.8 Å². The van der Waals surface area contributed by atoms with E-state index in [-0.39, 0.29) is 11.8 Å². The summed E-state index contributed by atoms with van der Waals surface area (Å²) in [6.45, 7) is 4.05. The fraction of sp³-hybridized carbons (Fsp3) is 0.130. The van der Waals surface area contributed by atoms with E-state index in [0.717, 1.165) is 22.5 Å². The average Bonchev–Trinajstić information content (AvgIpc) is 3.41. The molecule has 3 heterocycles. The van der Waals surface area contributed by atoms with Gasteiger partial charge in [0.2, 0.25) is 0 Å². The first-order chi connectivity index (χ1) is 14.1. The Bertz CT molecular complexity index is 1140. The molecular formula is C23H21N5O. The summed E-state index contributed by atoms with van der Waals surface area (Å²) >= 11 is 0. The summed E-state index contributed by atoms with van der Waals surface area (Å²) < 4.78 is 3.59. The van der Waals surface area contributed by atoms with Crippen LogP contribution in [0.4, 0.5) is 0 Å². The minimum absolute atomic E-state index is 0.0926. The maximum absolute atomic E-state index is 12.6. The van der Waals surface area contributed by atoms with Crippen molar-refractivity contribution < 1.29 is 4.79 Å². The highest BCUT2D eigenvalue weighted by Gasteiger charge is 2.12. The molecule has 0 amide bonds. The fourth-order valence-electron chi connectivity index (χ4n) is 2.97. The molecule has 6 heteroatoms. The van der Waals surface area contributed by atoms with Crippen molar-refractivity contribution in [1.82, 2.24) is 24.5 Å². The van der Waals surface area contributed by atoms with Crippen LogP contribution in [0.2, 0.25) is 0 Å². The molecule has 0 atom stereocenters. The van der Waals surface area contributed by atoms with E-state index in [0.29, 0.717) is 5.56 Å². The van der Waals surface area contributed by atoms with Gasteiger partial charge in [0.05, 0.1) is 17.4 Å². The number of hydrogen-bond acceptors (Lipinski definition) is 4. The molecule has 144 valence electrons. The van der Waals surface area contributed by atoms with Crippen molar-refractivity contribution in [2.45, 2.75) is 19.9 Å². The molecule has 1 aromatic carbocycles. The number of aromatic nitrogens is 5. The maximum atomic E-state index is 12.6. The summed E-state index contributed by atoms with van der Waals surface area (Å²) in [5.74, 6) is -0.0926. The number of carbonyl (C=O) groups excluding carboxylic acids is 1. The van der Waals surface area contributed by atoms with Crippen LogP contribution in [0.3, 0.4) is 0 Å². The number of ketones is 1. The van der Waals surface area contributed by atoms with Gasteiger partial charge in [-0.3, -0.25) is 14.5 Å². The van der Waals surface area contributed by atoms with Gasteiger partial charge in [-0.25, -0.2) is 4.68 Å². The lowest BCUT2D eigenvalue weighted by atomic mass is 10.1. The van der Waals surface area contributed by atoms with Gasteiger partial charge < -0.3 is 0 Å². The van der Waals surface area contributed by atoms with Crippen molar-refractivity contribution in [1.29, 1.82) is 0 Å². The first kappa shape index (κ1) is 18.6. The number of carbonyl (C=O) groups is 1. The van der Waals surface area contributed by atoms with E-state index < -0.39 is 0 Å². The summed E-state index contributed by atoms with van der Waals surface area (Å²) in [5, 5.41) is 8.98. The van der Waals surface area contributed by atoms with Crippen molar-refractivity contribution in [3.63, 3.8) is 0 Å². The lowest BCUT2D eigenvalue weighted by molar-refractivity contribution is 0.104. The molecule has 0 saturated carbocycles. The summed E-state index contributed by atoms with van der Waals surface area (Å²) in [7, 11) is 0. The number of para-hydroxylation sites is 1. The minimum Gasteiger partial charge on any atom is -0.289 e. The highest BCUT2D eigenvalue weighted by Crippen LogP contribution is 2.24. The molecule has 3 aromatic heterocycles. The Hall–Kier alpha value is -3.80. The zero-order valence-corrected chi connectivity index (χ0v) is 16.3. The van der Waals surface area contributed by atoms with E-state index in [1.807, 2.05) is 67.2 Å². The number of rotatable bonds is 6. The van der Waals surface area contributed by atoms with E-state index in [2.05, 4.69) is 10.1 Å². The van der Waals surface area contributed by atoms with E-state index in [1.54, 1.807) is 41.6 Å². The van der Waals surface area contributed by atoms with E-state index in [9.17, 15) is 4.79 Å². The molecular weight excluding hydrogens is 362 g/mol. The van der Waals surface area contributed by atoms with Crippen molar-refractivity contribution >= 4 is 11.9 Å². The predicted molar refractivity (Wildman–Crippen MR) is 113 cm³/mol. The lowest BCUT2D eigenvalue weighted by Gasteiger charge is -2.02. The summed E-state index contributed by atoms with van der Waals surface area (Å²) in [5.41, 5.74) is 4.10. The maximum Gasteiger partial charge on any atom is 0.189 e. The van der Waals surface area contributed by atoms with E-state index in [1.165, 1.54) is 0 Å². The van der Waals surface area contributed by atoms with E-state index >= 15 is 0 Å². The van der Waals surface area contributed by atoms with Crippen molar-refractivity contribution in [3.8, 4) is 16.9 Å². The molecule has 0 spiro atoms. The van der Waals surface area contributed by atoms with Crippen LogP contribution in [-0.2, 0) is 0 Å². The van der Waals surface area contributed by atoms with Gasteiger partial charge >= 0.3 is 0 Å². The minimum atomic E-state index is -0.0926. The highest BCUT2D eigenvalue weighted by molar-refractivity contribution is 6.06. The lowest BCUT2D eigenvalue weighted by Crippen LogP contribution is -2.00. The van der Waals surface area contributed by atoms with Gasteiger partial charge in [0.15, 0.2) is 5.78 Å². The smallest absolute Gasteiger partial charge is 0.189 e. The van der Waals surface area contributed by atoms with Gasteiger partial charge in [-0.2, -0.15) is 10.2 Å². The second kappa shape index (κ2) is 8.06. The van der Waals surface area contributed by atoms with Crippen molar-refractivity contribution in [3.05, 3.63) is 90.7 Å². The topological polar surface area (TPSA) is 65.6 Å². The third-order valence-corrected chi connectivity index (χ3v) is 4.55. The summed E-state index contributed by atoms with van der Waals surface area (Å²) in [6.07, 6.45) is 12.1. The molecule has 0 aliphatic carbocycles. The van der Waals surface area contributed by atoms with Gasteiger partial charge in [0.1, 0.15) is 5.69 Å². The van der Waals surface area contributed by atoms with Crippen LogP contribution in [0.15, 0.2) is 79.5 Å². The first-order valence-corrected chi connectivity index (χ1v) is 9.44. The largest absolute Gasteiger partial charge is 0.289 e. The molecule has 0 aliphatic rings. The predicted octanol–water partition coefficient (Wildman–Crippen LogP) is 4.61. The van der Waals surface area contributed by atoms with Crippen molar-refractivity contribution in [2.24, 2.45) is 0 Å². The van der Waals surface area contributed by atoms with Gasteiger partial charge in [0, 0.05) is 42.0 Å². The average molecular weight is 383 g/mol. The Kier molecular flexibility index (Phi) is 5.16. The molecule has 4 aromatic rings. The van der Waals surface area contributed by atoms with Gasteiger partial charge in [0.25, 0.3) is 0 Å². The summed E-state index contributed by atoms with van der Waals surface area (Å²) in [4.78, 5) is 16.7. The Morgan fingerprint density at radius 2 is 1.79 bits per heavy atom. The normalized spacial score (nSPS) is 11.4. The van der Waals surface area contributed by atoms with Crippen LogP contribution in [0.5, 0.6) is 0 Å². The molecule has 4 rings (SSSR count). The van der Waals surface area contributed by atoms with Crippen LogP contribution < -0.4 is 0 Å². The number of benzene rings is 1. The quantitative estimate of drug-likeness (QED) is 0.360. The molecule has 0 N–H and O–H groups in total. The number of allylic oxidation sites excluding steroid dienone is 1. The Labute approximate surface area is 169 Å². The van der Waals surface area contributed by atoms with Crippen molar-refractivity contribution in [2.75, 3.05) is 0 Å². The van der Waals surface area contributed by atoms with E-state index in [4.69, 9.17) is 5.10 Å². The Morgan fingerprint density at radius 3 is 2.48 bits per heavy atom. The zero-order valence-electron chi connectivity index (χ0n) is 16.3. The SMILES string of the molecule is CC(C)n1cc(C(=O)/C=C/c2cn(-c3ccccc3)nc2-c2ccncc2)cn1.